The SMILES string of the molecule is COc1ccc(-c2csc3nc(NC(=O)CCn4ccc(=O)[nH]c4=O)nn23)cc1. The molecule has 0 fully saturated rings. The standard InChI is InChI=1S/C18H16N6O4S/c1-28-12-4-2-11(3-5-12)13-10-29-18-21-16(22-24(13)18)19-14(25)6-8-23-9-7-15(26)20-17(23)27/h2-5,7,9-10H,6,8H2,1H3,(H,19,22,25)(H,20,26,27). The van der Waals surface area contributed by atoms with Gasteiger partial charge in [0, 0.05) is 36.2 Å². The van der Waals surface area contributed by atoms with Gasteiger partial charge in [-0.3, -0.25) is 19.9 Å². The van der Waals surface area contributed by atoms with Crippen molar-refractivity contribution < 1.29 is 9.53 Å². The molecular weight excluding hydrogens is 396 g/mol. The van der Waals surface area contributed by atoms with Crippen molar-refractivity contribution in [3.05, 3.63) is 62.7 Å². The molecule has 0 atom stereocenters. The first-order chi connectivity index (χ1) is 14.0. The third kappa shape index (κ3) is 3.94. The number of benzene rings is 1. The zero-order chi connectivity index (χ0) is 20.4. The Morgan fingerprint density at radius 1 is 1.24 bits per heavy atom. The topological polar surface area (TPSA) is 123 Å². The highest BCUT2D eigenvalue weighted by molar-refractivity contribution is 7.15. The quantitative estimate of drug-likeness (QED) is 0.493. The number of methoxy groups -OCH3 is 1. The van der Waals surface area contributed by atoms with Crippen LogP contribution in [0.5, 0.6) is 5.75 Å². The molecule has 1 aromatic carbocycles. The highest BCUT2D eigenvalue weighted by Crippen LogP contribution is 2.27. The number of aromatic nitrogens is 5. The molecular formula is C18H16N6O4S. The van der Waals surface area contributed by atoms with Gasteiger partial charge in [0.25, 0.3) is 5.56 Å². The first-order valence-corrected chi connectivity index (χ1v) is 9.50. The number of ether oxygens (including phenoxy) is 1. The molecule has 2 N–H and O–H groups in total. The zero-order valence-corrected chi connectivity index (χ0v) is 16.1. The van der Waals surface area contributed by atoms with Crippen molar-refractivity contribution in [2.75, 3.05) is 12.4 Å². The van der Waals surface area contributed by atoms with Crippen LogP contribution in [0.15, 0.2) is 51.5 Å². The molecule has 0 saturated carbocycles. The molecule has 4 rings (SSSR count). The van der Waals surface area contributed by atoms with E-state index < -0.39 is 11.2 Å². The number of nitrogens with zero attached hydrogens (tertiary/aromatic N) is 4. The van der Waals surface area contributed by atoms with Gasteiger partial charge in [0.15, 0.2) is 0 Å². The number of carbonyl (C=O) groups excluding carboxylic acids is 1. The van der Waals surface area contributed by atoms with Crippen molar-refractivity contribution in [3.8, 4) is 17.0 Å². The molecule has 0 bridgehead atoms. The number of nitrogens with one attached hydrogen (secondary N) is 2. The Morgan fingerprint density at radius 2 is 2.03 bits per heavy atom. The third-order valence-corrected chi connectivity index (χ3v) is 5.01. The smallest absolute Gasteiger partial charge is 0.328 e. The molecule has 0 aliphatic rings. The number of fused-ring (bicyclic) bond motifs is 1. The molecule has 148 valence electrons. The molecule has 11 heteroatoms. The van der Waals surface area contributed by atoms with Gasteiger partial charge in [-0.25, -0.2) is 9.31 Å². The number of anilines is 1. The number of aryl methyl sites for hydroxylation is 1. The summed E-state index contributed by atoms with van der Waals surface area (Å²) in [5.74, 6) is 0.603. The summed E-state index contributed by atoms with van der Waals surface area (Å²) in [6, 6.07) is 8.78. The van der Waals surface area contributed by atoms with E-state index in [1.807, 2.05) is 29.6 Å². The van der Waals surface area contributed by atoms with Crippen molar-refractivity contribution in [2.24, 2.45) is 0 Å². The minimum atomic E-state index is -0.560. The fraction of sp³-hybridized carbons (Fsp3) is 0.167. The van der Waals surface area contributed by atoms with Crippen molar-refractivity contribution in [3.63, 3.8) is 0 Å². The lowest BCUT2D eigenvalue weighted by Gasteiger charge is -2.04. The first-order valence-electron chi connectivity index (χ1n) is 8.62. The minimum absolute atomic E-state index is 0.0319. The maximum absolute atomic E-state index is 12.2. The van der Waals surface area contributed by atoms with Gasteiger partial charge in [0.2, 0.25) is 16.8 Å². The van der Waals surface area contributed by atoms with Crippen molar-refractivity contribution in [2.45, 2.75) is 13.0 Å². The van der Waals surface area contributed by atoms with Gasteiger partial charge in [-0.2, -0.15) is 4.98 Å². The van der Waals surface area contributed by atoms with Crippen LogP contribution in [0.2, 0.25) is 0 Å². The van der Waals surface area contributed by atoms with Crippen LogP contribution in [-0.4, -0.2) is 37.2 Å². The number of thiazole rings is 1. The first kappa shape index (κ1) is 18.6. The van der Waals surface area contributed by atoms with Gasteiger partial charge < -0.3 is 9.30 Å². The van der Waals surface area contributed by atoms with Crippen LogP contribution in [0.25, 0.3) is 16.2 Å². The zero-order valence-electron chi connectivity index (χ0n) is 15.3. The fourth-order valence-corrected chi connectivity index (χ4v) is 3.56. The molecule has 29 heavy (non-hydrogen) atoms. The lowest BCUT2D eigenvalue weighted by atomic mass is 10.2. The van der Waals surface area contributed by atoms with E-state index in [-0.39, 0.29) is 24.8 Å². The number of hydrogen-bond acceptors (Lipinski definition) is 7. The number of amides is 1. The van der Waals surface area contributed by atoms with Crippen LogP contribution in [0.1, 0.15) is 6.42 Å². The van der Waals surface area contributed by atoms with Gasteiger partial charge in [0.05, 0.1) is 12.8 Å². The predicted molar refractivity (Wildman–Crippen MR) is 107 cm³/mol. The van der Waals surface area contributed by atoms with Gasteiger partial charge in [-0.05, 0) is 24.3 Å². The van der Waals surface area contributed by atoms with Gasteiger partial charge >= 0.3 is 5.69 Å². The average Bonchev–Trinajstić information content (AvgIpc) is 3.27. The maximum atomic E-state index is 12.2. The molecule has 0 spiro atoms. The summed E-state index contributed by atoms with van der Waals surface area (Å²) in [5.41, 5.74) is 0.749. The van der Waals surface area contributed by atoms with E-state index in [1.165, 1.54) is 28.2 Å². The Hall–Kier alpha value is -3.73. The molecule has 3 aromatic heterocycles. The number of rotatable bonds is 6. The summed E-state index contributed by atoms with van der Waals surface area (Å²) in [4.78, 5) is 42.0. The summed E-state index contributed by atoms with van der Waals surface area (Å²) in [5, 5.41) is 8.92. The summed E-state index contributed by atoms with van der Waals surface area (Å²) < 4.78 is 8.08. The molecule has 0 aliphatic heterocycles. The molecule has 10 nitrogen and oxygen atoms in total. The van der Waals surface area contributed by atoms with E-state index in [9.17, 15) is 14.4 Å². The number of aromatic amines is 1. The van der Waals surface area contributed by atoms with E-state index in [4.69, 9.17) is 4.74 Å². The monoisotopic (exact) mass is 412 g/mol. The summed E-state index contributed by atoms with van der Waals surface area (Å²) in [7, 11) is 1.61. The Balaban J connectivity index is 1.47. The van der Waals surface area contributed by atoms with Gasteiger partial charge in [-0.15, -0.1) is 16.4 Å². The summed E-state index contributed by atoms with van der Waals surface area (Å²) in [6.07, 6.45) is 1.38. The molecule has 0 unspecified atom stereocenters. The lowest BCUT2D eigenvalue weighted by Crippen LogP contribution is -2.29. The number of hydrogen-bond donors (Lipinski definition) is 2. The second-order valence-corrected chi connectivity index (χ2v) is 6.92. The Morgan fingerprint density at radius 3 is 2.76 bits per heavy atom. The van der Waals surface area contributed by atoms with Crippen molar-refractivity contribution in [1.82, 2.24) is 24.1 Å². The van der Waals surface area contributed by atoms with Crippen LogP contribution >= 0.6 is 11.3 Å². The van der Waals surface area contributed by atoms with Crippen LogP contribution in [-0.2, 0) is 11.3 Å². The summed E-state index contributed by atoms with van der Waals surface area (Å²) >= 11 is 1.41. The lowest BCUT2D eigenvalue weighted by molar-refractivity contribution is -0.116. The van der Waals surface area contributed by atoms with E-state index in [1.54, 1.807) is 11.6 Å². The van der Waals surface area contributed by atoms with E-state index in [2.05, 4.69) is 20.4 Å². The van der Waals surface area contributed by atoms with Crippen LogP contribution in [0.3, 0.4) is 0 Å². The molecule has 0 aliphatic carbocycles. The average molecular weight is 412 g/mol. The molecule has 4 aromatic rings. The second kappa shape index (κ2) is 7.72. The Bertz CT molecular complexity index is 1280. The van der Waals surface area contributed by atoms with Crippen LogP contribution in [0, 0.1) is 0 Å². The normalized spacial score (nSPS) is 10.9. The number of H-pyrrole nitrogens is 1. The third-order valence-electron chi connectivity index (χ3n) is 4.20. The van der Waals surface area contributed by atoms with Crippen molar-refractivity contribution in [1.29, 1.82) is 0 Å². The highest BCUT2D eigenvalue weighted by atomic mass is 32.1. The fourth-order valence-electron chi connectivity index (χ4n) is 2.72. The largest absolute Gasteiger partial charge is 0.497 e. The van der Waals surface area contributed by atoms with E-state index in [0.29, 0.717) is 4.96 Å². The van der Waals surface area contributed by atoms with Crippen LogP contribution < -0.4 is 21.3 Å². The number of carbonyl (C=O) groups is 1. The van der Waals surface area contributed by atoms with Crippen molar-refractivity contribution >= 4 is 28.2 Å². The van der Waals surface area contributed by atoms with E-state index in [0.717, 1.165) is 17.0 Å². The van der Waals surface area contributed by atoms with Crippen LogP contribution in [0.4, 0.5) is 5.95 Å². The minimum Gasteiger partial charge on any atom is -0.497 e. The Labute approximate surface area is 167 Å². The molecule has 1 amide bonds. The highest BCUT2D eigenvalue weighted by Gasteiger charge is 2.13. The molecule has 0 radical (unpaired) electrons. The second-order valence-electron chi connectivity index (χ2n) is 6.08. The predicted octanol–water partition coefficient (Wildman–Crippen LogP) is 1.35. The Kier molecular flexibility index (Phi) is 4.96. The molecule has 0 saturated heterocycles. The van der Waals surface area contributed by atoms with E-state index >= 15 is 0 Å². The van der Waals surface area contributed by atoms with Gasteiger partial charge in [-0.1, -0.05) is 0 Å². The summed E-state index contributed by atoms with van der Waals surface area (Å²) in [6.45, 7) is 0.126. The molecule has 3 heterocycles. The van der Waals surface area contributed by atoms with Gasteiger partial charge in [0.1, 0.15) is 5.75 Å². The maximum Gasteiger partial charge on any atom is 0.328 e.